The average molecular weight is 276 g/mol. The number of aliphatic hydroxyl groups is 1. The SMILES string of the molecule is COc1ccc(C(C)(O)CCCC(F)(F)F)c(C)c1. The molecule has 1 rings (SSSR count). The second-order valence-corrected chi connectivity index (χ2v) is 4.92. The van der Waals surface area contributed by atoms with Gasteiger partial charge in [0.15, 0.2) is 0 Å². The van der Waals surface area contributed by atoms with Gasteiger partial charge in [-0.1, -0.05) is 6.07 Å². The molecule has 0 bridgehead atoms. The van der Waals surface area contributed by atoms with Crippen LogP contribution in [-0.4, -0.2) is 18.4 Å². The smallest absolute Gasteiger partial charge is 0.389 e. The Morgan fingerprint density at radius 2 is 1.84 bits per heavy atom. The van der Waals surface area contributed by atoms with E-state index in [-0.39, 0.29) is 12.8 Å². The summed E-state index contributed by atoms with van der Waals surface area (Å²) in [4.78, 5) is 0. The number of benzene rings is 1. The molecule has 108 valence electrons. The molecule has 2 nitrogen and oxygen atoms in total. The third kappa shape index (κ3) is 4.74. The number of alkyl halides is 3. The van der Waals surface area contributed by atoms with Gasteiger partial charge in [-0.15, -0.1) is 0 Å². The quantitative estimate of drug-likeness (QED) is 0.882. The number of hydrogen-bond donors (Lipinski definition) is 1. The second-order valence-electron chi connectivity index (χ2n) is 4.92. The Morgan fingerprint density at radius 1 is 1.21 bits per heavy atom. The average Bonchev–Trinajstić information content (AvgIpc) is 2.26. The number of hydrogen-bond acceptors (Lipinski definition) is 2. The fourth-order valence-electron chi connectivity index (χ4n) is 2.14. The van der Waals surface area contributed by atoms with E-state index in [2.05, 4.69) is 0 Å². The predicted octanol–water partition coefficient (Wildman–Crippen LogP) is 3.94. The molecule has 5 heteroatoms. The van der Waals surface area contributed by atoms with Crippen LogP contribution in [0.1, 0.15) is 37.3 Å². The van der Waals surface area contributed by atoms with Crippen LogP contribution in [0.4, 0.5) is 13.2 Å². The van der Waals surface area contributed by atoms with Crippen molar-refractivity contribution in [1.82, 2.24) is 0 Å². The van der Waals surface area contributed by atoms with E-state index in [0.717, 1.165) is 5.56 Å². The summed E-state index contributed by atoms with van der Waals surface area (Å²) in [7, 11) is 1.54. The number of ether oxygens (including phenoxy) is 1. The molecule has 1 atom stereocenters. The van der Waals surface area contributed by atoms with Crippen molar-refractivity contribution in [2.24, 2.45) is 0 Å². The van der Waals surface area contributed by atoms with E-state index in [9.17, 15) is 18.3 Å². The lowest BCUT2D eigenvalue weighted by Gasteiger charge is -2.26. The zero-order chi connectivity index (χ0) is 14.7. The van der Waals surface area contributed by atoms with Gasteiger partial charge in [0.2, 0.25) is 0 Å². The van der Waals surface area contributed by atoms with Crippen LogP contribution in [0, 0.1) is 6.92 Å². The van der Waals surface area contributed by atoms with Gasteiger partial charge in [0.1, 0.15) is 5.75 Å². The Morgan fingerprint density at radius 3 is 2.32 bits per heavy atom. The molecular formula is C14H19F3O2. The highest BCUT2D eigenvalue weighted by Crippen LogP contribution is 2.33. The lowest BCUT2D eigenvalue weighted by molar-refractivity contribution is -0.137. The van der Waals surface area contributed by atoms with Gasteiger partial charge in [0.25, 0.3) is 0 Å². The van der Waals surface area contributed by atoms with Gasteiger partial charge in [-0.25, -0.2) is 0 Å². The van der Waals surface area contributed by atoms with Crippen molar-refractivity contribution < 1.29 is 23.0 Å². The van der Waals surface area contributed by atoms with E-state index < -0.39 is 18.2 Å². The summed E-state index contributed by atoms with van der Waals surface area (Å²) in [5, 5.41) is 10.3. The standard InChI is InChI=1S/C14H19F3O2/c1-10-9-11(19-3)5-6-12(10)13(2,18)7-4-8-14(15,16)17/h5-6,9,18H,4,7-8H2,1-3H3. The van der Waals surface area contributed by atoms with Crippen LogP contribution in [0.2, 0.25) is 0 Å². The molecule has 0 saturated carbocycles. The Labute approximate surface area is 111 Å². The van der Waals surface area contributed by atoms with Gasteiger partial charge in [0.05, 0.1) is 12.7 Å². The molecule has 0 aliphatic carbocycles. The van der Waals surface area contributed by atoms with Gasteiger partial charge in [0, 0.05) is 6.42 Å². The van der Waals surface area contributed by atoms with Crippen LogP contribution in [0.5, 0.6) is 5.75 Å². The minimum absolute atomic E-state index is 0.0691. The molecule has 0 aromatic heterocycles. The topological polar surface area (TPSA) is 29.5 Å². The van der Waals surface area contributed by atoms with E-state index in [1.807, 2.05) is 0 Å². The molecule has 19 heavy (non-hydrogen) atoms. The molecule has 0 saturated heterocycles. The molecular weight excluding hydrogens is 257 g/mol. The Balaban J connectivity index is 2.76. The zero-order valence-electron chi connectivity index (χ0n) is 11.3. The Bertz CT molecular complexity index is 425. The summed E-state index contributed by atoms with van der Waals surface area (Å²) in [6.45, 7) is 3.34. The van der Waals surface area contributed by atoms with Crippen LogP contribution in [-0.2, 0) is 5.60 Å². The van der Waals surface area contributed by atoms with Crippen LogP contribution >= 0.6 is 0 Å². The predicted molar refractivity (Wildman–Crippen MR) is 67.2 cm³/mol. The number of halogens is 3. The van der Waals surface area contributed by atoms with Gasteiger partial charge in [-0.2, -0.15) is 13.2 Å². The monoisotopic (exact) mass is 276 g/mol. The summed E-state index contributed by atoms with van der Waals surface area (Å²) in [6, 6.07) is 5.15. The molecule has 0 radical (unpaired) electrons. The fraction of sp³-hybridized carbons (Fsp3) is 0.571. The van der Waals surface area contributed by atoms with Crippen molar-refractivity contribution in [2.45, 2.75) is 44.9 Å². The maximum Gasteiger partial charge on any atom is 0.389 e. The van der Waals surface area contributed by atoms with E-state index in [0.29, 0.717) is 11.3 Å². The first-order valence-electron chi connectivity index (χ1n) is 6.10. The van der Waals surface area contributed by atoms with Crippen molar-refractivity contribution in [3.05, 3.63) is 29.3 Å². The number of rotatable bonds is 5. The van der Waals surface area contributed by atoms with Crippen LogP contribution in [0.3, 0.4) is 0 Å². The highest BCUT2D eigenvalue weighted by Gasteiger charge is 2.30. The first-order valence-corrected chi connectivity index (χ1v) is 6.10. The van der Waals surface area contributed by atoms with Crippen molar-refractivity contribution >= 4 is 0 Å². The molecule has 1 aromatic rings. The van der Waals surface area contributed by atoms with Crippen molar-refractivity contribution in [3.8, 4) is 5.75 Å². The highest BCUT2D eigenvalue weighted by atomic mass is 19.4. The number of aryl methyl sites for hydroxylation is 1. The molecule has 0 aliphatic heterocycles. The van der Waals surface area contributed by atoms with E-state index in [1.54, 1.807) is 25.1 Å². The lowest BCUT2D eigenvalue weighted by atomic mass is 9.87. The molecule has 0 fully saturated rings. The van der Waals surface area contributed by atoms with E-state index in [1.165, 1.54) is 14.0 Å². The van der Waals surface area contributed by atoms with E-state index in [4.69, 9.17) is 4.74 Å². The highest BCUT2D eigenvalue weighted by molar-refractivity contribution is 5.37. The normalized spacial score (nSPS) is 15.1. The van der Waals surface area contributed by atoms with Crippen molar-refractivity contribution in [3.63, 3.8) is 0 Å². The maximum atomic E-state index is 12.1. The zero-order valence-corrected chi connectivity index (χ0v) is 11.3. The molecule has 1 unspecified atom stereocenters. The Kier molecular flexibility index (Phi) is 4.85. The largest absolute Gasteiger partial charge is 0.497 e. The lowest BCUT2D eigenvalue weighted by Crippen LogP contribution is -2.23. The van der Waals surface area contributed by atoms with Crippen molar-refractivity contribution in [2.75, 3.05) is 7.11 Å². The summed E-state index contributed by atoms with van der Waals surface area (Å²) in [5.74, 6) is 0.660. The summed E-state index contributed by atoms with van der Waals surface area (Å²) >= 11 is 0. The van der Waals surface area contributed by atoms with Gasteiger partial charge >= 0.3 is 6.18 Å². The third-order valence-electron chi connectivity index (χ3n) is 3.14. The van der Waals surface area contributed by atoms with Crippen LogP contribution < -0.4 is 4.74 Å². The third-order valence-corrected chi connectivity index (χ3v) is 3.14. The fourth-order valence-corrected chi connectivity index (χ4v) is 2.14. The summed E-state index contributed by atoms with van der Waals surface area (Å²) in [6.07, 6.45) is -5.08. The van der Waals surface area contributed by atoms with Gasteiger partial charge in [-0.05, 0) is 49.9 Å². The Hall–Kier alpha value is -1.23. The molecule has 0 heterocycles. The molecule has 1 N–H and O–H groups in total. The minimum atomic E-state index is -4.18. The molecule has 1 aromatic carbocycles. The first-order chi connectivity index (χ1) is 8.65. The summed E-state index contributed by atoms with van der Waals surface area (Å²) in [5.41, 5.74) is 0.175. The minimum Gasteiger partial charge on any atom is -0.497 e. The maximum absolute atomic E-state index is 12.1. The second kappa shape index (κ2) is 5.82. The molecule has 0 aliphatic rings. The number of methoxy groups -OCH3 is 1. The molecule has 0 spiro atoms. The summed E-state index contributed by atoms with van der Waals surface area (Å²) < 4.78 is 41.4. The van der Waals surface area contributed by atoms with Crippen LogP contribution in [0.25, 0.3) is 0 Å². The van der Waals surface area contributed by atoms with Crippen molar-refractivity contribution in [1.29, 1.82) is 0 Å². The van der Waals surface area contributed by atoms with E-state index >= 15 is 0 Å². The van der Waals surface area contributed by atoms with Gasteiger partial charge < -0.3 is 9.84 Å². The van der Waals surface area contributed by atoms with Gasteiger partial charge in [-0.3, -0.25) is 0 Å². The first kappa shape index (κ1) is 15.8. The molecule has 0 amide bonds. The van der Waals surface area contributed by atoms with Crippen LogP contribution in [0.15, 0.2) is 18.2 Å².